The van der Waals surface area contributed by atoms with E-state index in [0.717, 1.165) is 37.0 Å². The minimum Gasteiger partial charge on any atom is -0.491 e. The zero-order chi connectivity index (χ0) is 19.8. The van der Waals surface area contributed by atoms with Gasteiger partial charge in [-0.1, -0.05) is 18.9 Å². The third-order valence-corrected chi connectivity index (χ3v) is 5.77. The van der Waals surface area contributed by atoms with Crippen molar-refractivity contribution in [2.45, 2.75) is 71.0 Å². The molecule has 3 rings (SSSR count). The van der Waals surface area contributed by atoms with Gasteiger partial charge in [-0.15, -0.1) is 0 Å². The number of hydrogen-bond acceptors (Lipinski definition) is 3. The molecule has 156 valence electrons. The van der Waals surface area contributed by atoms with Gasteiger partial charge in [0, 0.05) is 31.7 Å². The highest BCUT2D eigenvalue weighted by Crippen LogP contribution is 2.26. The lowest BCUT2D eigenvalue weighted by Gasteiger charge is -2.36. The summed E-state index contributed by atoms with van der Waals surface area (Å²) in [5.41, 5.74) is 0.842. The van der Waals surface area contributed by atoms with Crippen molar-refractivity contribution in [1.82, 2.24) is 15.5 Å². The van der Waals surface area contributed by atoms with Crippen molar-refractivity contribution < 1.29 is 9.13 Å². The Morgan fingerprint density at radius 1 is 1.18 bits per heavy atom. The summed E-state index contributed by atoms with van der Waals surface area (Å²) in [6.07, 6.45) is 7.84. The molecule has 2 fully saturated rings. The molecule has 0 amide bonds. The van der Waals surface area contributed by atoms with E-state index in [1.807, 2.05) is 13.0 Å². The lowest BCUT2D eigenvalue weighted by molar-refractivity contribution is 0.150. The molecule has 1 aromatic rings. The van der Waals surface area contributed by atoms with E-state index in [0.29, 0.717) is 24.9 Å². The average Bonchev–Trinajstić information content (AvgIpc) is 3.24. The Kier molecular flexibility index (Phi) is 7.95. The molecule has 0 spiro atoms. The molecule has 28 heavy (non-hydrogen) atoms. The van der Waals surface area contributed by atoms with Crippen molar-refractivity contribution in [3.63, 3.8) is 0 Å². The minimum absolute atomic E-state index is 0.300. The molecular formula is C22H35FN4O. The molecule has 1 saturated carbocycles. The topological polar surface area (TPSA) is 48.9 Å². The number of guanidine groups is 1. The van der Waals surface area contributed by atoms with Crippen LogP contribution in [0.2, 0.25) is 0 Å². The van der Waals surface area contributed by atoms with Crippen molar-refractivity contribution in [2.24, 2.45) is 4.99 Å². The number of aliphatic imine (C=N–C) groups is 1. The number of hydrogen-bond donors (Lipinski definition) is 2. The maximum Gasteiger partial charge on any atom is 0.191 e. The van der Waals surface area contributed by atoms with Crippen LogP contribution in [0.15, 0.2) is 23.2 Å². The highest BCUT2D eigenvalue weighted by atomic mass is 19.1. The van der Waals surface area contributed by atoms with E-state index in [1.54, 1.807) is 6.07 Å². The van der Waals surface area contributed by atoms with Crippen LogP contribution >= 0.6 is 0 Å². The molecule has 0 bridgehead atoms. The summed E-state index contributed by atoms with van der Waals surface area (Å²) in [4.78, 5) is 7.34. The summed E-state index contributed by atoms with van der Waals surface area (Å²) in [6.45, 7) is 7.98. The van der Waals surface area contributed by atoms with E-state index in [1.165, 1.54) is 44.8 Å². The van der Waals surface area contributed by atoms with E-state index in [-0.39, 0.29) is 5.82 Å². The molecule has 1 aliphatic carbocycles. The van der Waals surface area contributed by atoms with E-state index in [2.05, 4.69) is 27.4 Å². The van der Waals surface area contributed by atoms with Gasteiger partial charge in [-0.05, 0) is 57.2 Å². The lowest BCUT2D eigenvalue weighted by Crippen LogP contribution is -2.50. The molecule has 5 nitrogen and oxygen atoms in total. The Morgan fingerprint density at radius 3 is 2.57 bits per heavy atom. The lowest BCUT2D eigenvalue weighted by atomic mass is 10.0. The number of benzene rings is 1. The average molecular weight is 391 g/mol. The van der Waals surface area contributed by atoms with Gasteiger partial charge in [0.15, 0.2) is 17.5 Å². The Hall–Kier alpha value is -1.82. The summed E-state index contributed by atoms with van der Waals surface area (Å²) < 4.78 is 19.3. The monoisotopic (exact) mass is 390 g/mol. The molecule has 1 aliphatic heterocycles. The van der Waals surface area contributed by atoms with Crippen LogP contribution in [0.4, 0.5) is 4.39 Å². The Labute approximate surface area is 168 Å². The first-order valence-electron chi connectivity index (χ1n) is 10.9. The van der Waals surface area contributed by atoms with Crippen LogP contribution in [0.3, 0.4) is 0 Å². The second-order valence-corrected chi connectivity index (χ2v) is 7.79. The van der Waals surface area contributed by atoms with Crippen LogP contribution in [0, 0.1) is 5.82 Å². The SMILES string of the molecule is CCNC(=NCc1ccc(OCC)c(F)c1)NC1CCN(C2CCCC2)CC1. The fourth-order valence-electron chi connectivity index (χ4n) is 4.28. The standard InChI is InChI=1S/C22H35FN4O/c1-3-24-22(25-16-17-9-10-21(28-4-2)20(23)15-17)26-18-11-13-27(14-12-18)19-7-5-6-8-19/h9-10,15,18-19H,3-8,11-14,16H2,1-2H3,(H2,24,25,26). The van der Waals surface area contributed by atoms with E-state index in [9.17, 15) is 4.39 Å². The number of rotatable bonds is 7. The van der Waals surface area contributed by atoms with Crippen molar-refractivity contribution in [2.75, 3.05) is 26.2 Å². The van der Waals surface area contributed by atoms with Gasteiger partial charge in [-0.2, -0.15) is 0 Å². The molecule has 1 aromatic carbocycles. The molecule has 6 heteroatoms. The minimum atomic E-state index is -0.327. The van der Waals surface area contributed by atoms with Gasteiger partial charge in [-0.3, -0.25) is 0 Å². The zero-order valence-corrected chi connectivity index (χ0v) is 17.3. The summed E-state index contributed by atoms with van der Waals surface area (Å²) in [5.74, 6) is 0.789. The summed E-state index contributed by atoms with van der Waals surface area (Å²) in [7, 11) is 0. The zero-order valence-electron chi connectivity index (χ0n) is 17.3. The first-order chi connectivity index (χ1) is 13.7. The van der Waals surface area contributed by atoms with Gasteiger partial charge in [0.05, 0.1) is 13.2 Å². The normalized spacial score (nSPS) is 19.8. The van der Waals surface area contributed by atoms with Gasteiger partial charge in [0.2, 0.25) is 0 Å². The first-order valence-corrected chi connectivity index (χ1v) is 10.9. The van der Waals surface area contributed by atoms with Crippen LogP contribution in [-0.4, -0.2) is 49.2 Å². The molecule has 2 aliphatic rings. The Bertz CT molecular complexity index is 637. The Balaban J connectivity index is 1.52. The predicted octanol–water partition coefficient (Wildman–Crippen LogP) is 3.69. The molecule has 2 N–H and O–H groups in total. The van der Waals surface area contributed by atoms with Crippen LogP contribution < -0.4 is 15.4 Å². The van der Waals surface area contributed by atoms with Gasteiger partial charge in [0.25, 0.3) is 0 Å². The highest BCUT2D eigenvalue weighted by Gasteiger charge is 2.27. The molecule has 1 saturated heterocycles. The number of piperidine rings is 1. The molecule has 0 aromatic heterocycles. The van der Waals surface area contributed by atoms with Crippen molar-refractivity contribution in [1.29, 1.82) is 0 Å². The second kappa shape index (κ2) is 10.6. The quantitative estimate of drug-likeness (QED) is 0.551. The van der Waals surface area contributed by atoms with Gasteiger partial charge < -0.3 is 20.3 Å². The third kappa shape index (κ3) is 5.84. The van der Waals surface area contributed by atoms with Crippen molar-refractivity contribution in [3.8, 4) is 5.75 Å². The molecule has 0 unspecified atom stereocenters. The number of ether oxygens (including phenoxy) is 1. The molecule has 0 atom stereocenters. The van der Waals surface area contributed by atoms with Crippen molar-refractivity contribution in [3.05, 3.63) is 29.6 Å². The van der Waals surface area contributed by atoms with Crippen LogP contribution in [-0.2, 0) is 6.54 Å². The number of likely N-dealkylation sites (tertiary alicyclic amines) is 1. The maximum absolute atomic E-state index is 14.0. The predicted molar refractivity (Wildman–Crippen MR) is 112 cm³/mol. The smallest absolute Gasteiger partial charge is 0.191 e. The Morgan fingerprint density at radius 2 is 1.93 bits per heavy atom. The van der Waals surface area contributed by atoms with Gasteiger partial charge in [-0.25, -0.2) is 9.38 Å². The van der Waals surface area contributed by atoms with E-state index >= 15 is 0 Å². The van der Waals surface area contributed by atoms with Crippen LogP contribution in [0.5, 0.6) is 5.75 Å². The number of nitrogens with zero attached hydrogens (tertiary/aromatic N) is 2. The molecule has 1 heterocycles. The van der Waals surface area contributed by atoms with E-state index < -0.39 is 0 Å². The van der Waals surface area contributed by atoms with Gasteiger partial charge in [0.1, 0.15) is 0 Å². The molecular weight excluding hydrogens is 355 g/mol. The summed E-state index contributed by atoms with van der Waals surface area (Å²) >= 11 is 0. The summed E-state index contributed by atoms with van der Waals surface area (Å²) in [5, 5.41) is 6.90. The first kappa shape index (κ1) is 20.9. The third-order valence-electron chi connectivity index (χ3n) is 5.77. The molecule has 0 radical (unpaired) electrons. The van der Waals surface area contributed by atoms with Crippen LogP contribution in [0.1, 0.15) is 57.9 Å². The summed E-state index contributed by atoms with van der Waals surface area (Å²) in [6, 6.07) is 6.34. The largest absolute Gasteiger partial charge is 0.491 e. The number of halogens is 1. The highest BCUT2D eigenvalue weighted by molar-refractivity contribution is 5.80. The number of nitrogens with one attached hydrogen (secondary N) is 2. The van der Waals surface area contributed by atoms with E-state index in [4.69, 9.17) is 4.74 Å². The van der Waals surface area contributed by atoms with Gasteiger partial charge >= 0.3 is 0 Å². The maximum atomic E-state index is 14.0. The van der Waals surface area contributed by atoms with Crippen molar-refractivity contribution >= 4 is 5.96 Å². The second-order valence-electron chi connectivity index (χ2n) is 7.79. The fraction of sp³-hybridized carbons (Fsp3) is 0.682. The van der Waals surface area contributed by atoms with Crippen LogP contribution in [0.25, 0.3) is 0 Å². The fourth-order valence-corrected chi connectivity index (χ4v) is 4.28.